The van der Waals surface area contributed by atoms with Gasteiger partial charge in [0.1, 0.15) is 0 Å². The Hall–Kier alpha value is -0.790. The van der Waals surface area contributed by atoms with Gasteiger partial charge in [0.2, 0.25) is 0 Å². The van der Waals surface area contributed by atoms with E-state index in [1.807, 2.05) is 0 Å². The third kappa shape index (κ3) is 3.11. The molecule has 6 heteroatoms. The molecule has 0 amide bonds. The van der Waals surface area contributed by atoms with Gasteiger partial charge in [-0.3, -0.25) is 0 Å². The Labute approximate surface area is 110 Å². The Morgan fingerprint density at radius 2 is 1.94 bits per heavy atom. The molecule has 1 aromatic rings. The minimum Gasteiger partial charge on any atom is -0.459 e. The standard InChI is InChI=1S/C11H10F3IO2/c1-3-5(2)17-11(16)6-4-7(15)9(13)10(14)8(6)12/h4-5H,3H2,1-2H3. The summed E-state index contributed by atoms with van der Waals surface area (Å²) < 4.78 is 44.1. The highest BCUT2D eigenvalue weighted by Gasteiger charge is 2.23. The van der Waals surface area contributed by atoms with Gasteiger partial charge < -0.3 is 4.74 Å². The molecule has 1 atom stereocenters. The predicted molar refractivity (Wildman–Crippen MR) is 64.2 cm³/mol. The smallest absolute Gasteiger partial charge is 0.341 e. The van der Waals surface area contributed by atoms with E-state index >= 15 is 0 Å². The number of benzene rings is 1. The molecule has 0 fully saturated rings. The van der Waals surface area contributed by atoms with E-state index in [-0.39, 0.29) is 3.57 Å². The van der Waals surface area contributed by atoms with Crippen LogP contribution in [0, 0.1) is 21.0 Å². The first-order valence-corrected chi connectivity index (χ1v) is 6.00. The number of carbonyl (C=O) groups is 1. The molecule has 0 aliphatic carbocycles. The molecule has 1 aromatic carbocycles. The highest BCUT2D eigenvalue weighted by molar-refractivity contribution is 14.1. The van der Waals surface area contributed by atoms with Gasteiger partial charge in [0, 0.05) is 0 Å². The van der Waals surface area contributed by atoms with Crippen molar-refractivity contribution < 1.29 is 22.7 Å². The first kappa shape index (κ1) is 14.3. The number of carbonyl (C=O) groups excluding carboxylic acids is 1. The van der Waals surface area contributed by atoms with Crippen LogP contribution in [0.4, 0.5) is 13.2 Å². The van der Waals surface area contributed by atoms with Gasteiger partial charge in [0.25, 0.3) is 0 Å². The van der Waals surface area contributed by atoms with Gasteiger partial charge in [-0.25, -0.2) is 18.0 Å². The molecule has 0 aliphatic rings. The Morgan fingerprint density at radius 1 is 1.35 bits per heavy atom. The lowest BCUT2D eigenvalue weighted by atomic mass is 10.2. The number of ether oxygens (including phenoxy) is 1. The lowest BCUT2D eigenvalue weighted by Crippen LogP contribution is -2.16. The van der Waals surface area contributed by atoms with Gasteiger partial charge in [0.05, 0.1) is 15.2 Å². The van der Waals surface area contributed by atoms with Crippen molar-refractivity contribution in [2.24, 2.45) is 0 Å². The van der Waals surface area contributed by atoms with Crippen LogP contribution in [-0.2, 0) is 4.74 Å². The van der Waals surface area contributed by atoms with Crippen LogP contribution in [0.3, 0.4) is 0 Å². The van der Waals surface area contributed by atoms with Crippen LogP contribution in [0.5, 0.6) is 0 Å². The van der Waals surface area contributed by atoms with Crippen molar-refractivity contribution >= 4 is 28.6 Å². The molecule has 0 radical (unpaired) electrons. The molecule has 1 rings (SSSR count). The number of esters is 1. The molecule has 0 bridgehead atoms. The third-order valence-corrected chi connectivity index (χ3v) is 2.99. The van der Waals surface area contributed by atoms with Crippen molar-refractivity contribution in [3.63, 3.8) is 0 Å². The highest BCUT2D eigenvalue weighted by Crippen LogP contribution is 2.22. The fraction of sp³-hybridized carbons (Fsp3) is 0.364. The van der Waals surface area contributed by atoms with E-state index in [9.17, 15) is 18.0 Å². The Balaban J connectivity index is 3.11. The molecule has 0 aromatic heterocycles. The predicted octanol–water partition coefficient (Wildman–Crippen LogP) is 3.66. The lowest BCUT2D eigenvalue weighted by Gasteiger charge is -2.12. The fourth-order valence-electron chi connectivity index (χ4n) is 1.05. The minimum absolute atomic E-state index is 0.169. The quantitative estimate of drug-likeness (QED) is 0.357. The Morgan fingerprint density at radius 3 is 2.47 bits per heavy atom. The lowest BCUT2D eigenvalue weighted by molar-refractivity contribution is 0.0327. The minimum atomic E-state index is -1.66. The second kappa shape index (κ2) is 5.70. The molecule has 0 aliphatic heterocycles. The fourth-order valence-corrected chi connectivity index (χ4v) is 1.60. The van der Waals surface area contributed by atoms with E-state index in [0.29, 0.717) is 6.42 Å². The first-order chi connectivity index (χ1) is 7.88. The maximum Gasteiger partial charge on any atom is 0.341 e. The van der Waals surface area contributed by atoms with Gasteiger partial charge in [-0.05, 0) is 42.0 Å². The van der Waals surface area contributed by atoms with Crippen LogP contribution in [-0.4, -0.2) is 12.1 Å². The zero-order valence-corrected chi connectivity index (χ0v) is 11.3. The van der Waals surface area contributed by atoms with Crippen molar-refractivity contribution in [1.29, 1.82) is 0 Å². The van der Waals surface area contributed by atoms with E-state index < -0.39 is 35.1 Å². The van der Waals surface area contributed by atoms with Crippen molar-refractivity contribution in [3.05, 3.63) is 32.7 Å². The summed E-state index contributed by atoms with van der Waals surface area (Å²) in [6.07, 6.45) is 0.140. The maximum absolute atomic E-state index is 13.3. The third-order valence-electron chi connectivity index (χ3n) is 2.21. The molecule has 1 unspecified atom stereocenters. The average Bonchev–Trinajstić information content (AvgIpc) is 2.30. The van der Waals surface area contributed by atoms with Crippen LogP contribution in [0.1, 0.15) is 30.6 Å². The average molecular weight is 358 g/mol. The van der Waals surface area contributed by atoms with Crippen LogP contribution >= 0.6 is 22.6 Å². The molecular formula is C11H10F3IO2. The van der Waals surface area contributed by atoms with Crippen LogP contribution < -0.4 is 0 Å². The summed E-state index contributed by atoms with van der Waals surface area (Å²) in [5.41, 5.74) is -0.589. The molecule has 94 valence electrons. The molecular weight excluding hydrogens is 348 g/mol. The number of hydrogen-bond donors (Lipinski definition) is 0. The van der Waals surface area contributed by atoms with Gasteiger partial charge in [0.15, 0.2) is 17.5 Å². The Kier molecular flexibility index (Phi) is 4.79. The number of rotatable bonds is 3. The Bertz CT molecular complexity index is 449. The number of halogens is 4. The summed E-state index contributed by atoms with van der Waals surface area (Å²) in [5.74, 6) is -5.47. The SMILES string of the molecule is CCC(C)OC(=O)c1cc(I)c(F)c(F)c1F. The van der Waals surface area contributed by atoms with Crippen LogP contribution in [0.2, 0.25) is 0 Å². The summed E-state index contributed by atoms with van der Waals surface area (Å²) in [6, 6.07) is 0.930. The van der Waals surface area contributed by atoms with Gasteiger partial charge >= 0.3 is 5.97 Å². The van der Waals surface area contributed by atoms with Crippen LogP contribution in [0.15, 0.2) is 6.07 Å². The molecule has 0 saturated heterocycles. The largest absolute Gasteiger partial charge is 0.459 e. The second-order valence-corrected chi connectivity index (χ2v) is 4.63. The summed E-state index contributed by atoms with van der Waals surface area (Å²) in [5, 5.41) is 0. The second-order valence-electron chi connectivity index (χ2n) is 3.47. The normalized spacial score (nSPS) is 12.4. The summed E-state index contributed by atoms with van der Waals surface area (Å²) in [7, 11) is 0. The monoisotopic (exact) mass is 358 g/mol. The topological polar surface area (TPSA) is 26.3 Å². The molecule has 0 saturated carbocycles. The molecule has 0 N–H and O–H groups in total. The first-order valence-electron chi connectivity index (χ1n) is 4.92. The van der Waals surface area contributed by atoms with Crippen molar-refractivity contribution in [1.82, 2.24) is 0 Å². The molecule has 0 heterocycles. The van der Waals surface area contributed by atoms with Gasteiger partial charge in [-0.1, -0.05) is 6.92 Å². The van der Waals surface area contributed by atoms with E-state index in [1.54, 1.807) is 13.8 Å². The molecule has 2 nitrogen and oxygen atoms in total. The van der Waals surface area contributed by atoms with Crippen molar-refractivity contribution in [2.45, 2.75) is 26.4 Å². The zero-order chi connectivity index (χ0) is 13.2. The van der Waals surface area contributed by atoms with Crippen molar-refractivity contribution in [2.75, 3.05) is 0 Å². The number of hydrogen-bond acceptors (Lipinski definition) is 2. The van der Waals surface area contributed by atoms with Crippen molar-refractivity contribution in [3.8, 4) is 0 Å². The maximum atomic E-state index is 13.3. The van der Waals surface area contributed by atoms with E-state index in [2.05, 4.69) is 0 Å². The summed E-state index contributed by atoms with van der Waals surface area (Å²) >= 11 is 1.48. The van der Waals surface area contributed by atoms with E-state index in [4.69, 9.17) is 4.74 Å². The van der Waals surface area contributed by atoms with E-state index in [0.717, 1.165) is 6.07 Å². The summed E-state index contributed by atoms with van der Waals surface area (Å²) in [4.78, 5) is 11.5. The van der Waals surface area contributed by atoms with E-state index in [1.165, 1.54) is 22.6 Å². The van der Waals surface area contributed by atoms with Gasteiger partial charge in [-0.2, -0.15) is 0 Å². The highest BCUT2D eigenvalue weighted by atomic mass is 127. The van der Waals surface area contributed by atoms with Gasteiger partial charge in [-0.15, -0.1) is 0 Å². The molecule has 17 heavy (non-hydrogen) atoms. The van der Waals surface area contributed by atoms with Crippen LogP contribution in [0.25, 0.3) is 0 Å². The molecule has 0 spiro atoms. The summed E-state index contributed by atoms with van der Waals surface area (Å²) in [6.45, 7) is 3.41. The zero-order valence-electron chi connectivity index (χ0n) is 9.19.